The van der Waals surface area contributed by atoms with Gasteiger partial charge in [0.1, 0.15) is 0 Å². The first kappa shape index (κ1) is 15.3. The normalized spacial score (nSPS) is 20.9. The van der Waals surface area contributed by atoms with Gasteiger partial charge in [0, 0.05) is 37.5 Å². The Morgan fingerprint density at radius 2 is 2.45 bits per heavy atom. The van der Waals surface area contributed by atoms with Gasteiger partial charge in [0.05, 0.1) is 6.10 Å². The summed E-state index contributed by atoms with van der Waals surface area (Å²) in [6.07, 6.45) is 3.89. The molecule has 20 heavy (non-hydrogen) atoms. The molecule has 1 aromatic heterocycles. The lowest BCUT2D eigenvalue weighted by atomic mass is 10.1. The third-order valence-electron chi connectivity index (χ3n) is 3.61. The zero-order chi connectivity index (χ0) is 14.2. The molecule has 1 aromatic rings. The van der Waals surface area contributed by atoms with Crippen LogP contribution < -0.4 is 10.6 Å². The van der Waals surface area contributed by atoms with Crippen LogP contribution in [0.2, 0.25) is 0 Å². The highest BCUT2D eigenvalue weighted by molar-refractivity contribution is 7.10. The molecule has 0 spiro atoms. The Hall–Kier alpha value is -1.07. The maximum Gasteiger partial charge on any atom is 0.190 e. The number of rotatable bonds is 6. The molecule has 0 saturated carbocycles. The van der Waals surface area contributed by atoms with Crippen molar-refractivity contribution in [1.82, 2.24) is 10.6 Å². The molecule has 0 bridgehead atoms. The van der Waals surface area contributed by atoms with Crippen LogP contribution >= 0.6 is 11.3 Å². The van der Waals surface area contributed by atoms with Crippen LogP contribution in [0.1, 0.15) is 37.0 Å². The summed E-state index contributed by atoms with van der Waals surface area (Å²) in [5.74, 6) is 1.39. The van der Waals surface area contributed by atoms with E-state index in [2.05, 4.69) is 40.1 Å². The SMILES string of the molecule is CN=C(NCCC1CCCO1)NCC(C)c1cccs1. The van der Waals surface area contributed by atoms with E-state index in [0.717, 1.165) is 32.1 Å². The van der Waals surface area contributed by atoms with E-state index < -0.39 is 0 Å². The molecule has 1 saturated heterocycles. The smallest absolute Gasteiger partial charge is 0.190 e. The minimum atomic E-state index is 0.436. The average molecular weight is 295 g/mol. The van der Waals surface area contributed by atoms with Crippen LogP contribution in [0.3, 0.4) is 0 Å². The van der Waals surface area contributed by atoms with E-state index in [9.17, 15) is 0 Å². The summed E-state index contributed by atoms with van der Waals surface area (Å²) in [5, 5.41) is 8.87. The maximum absolute atomic E-state index is 5.62. The first-order chi connectivity index (χ1) is 9.79. The number of thiophene rings is 1. The first-order valence-corrected chi connectivity index (χ1v) is 8.27. The molecular weight excluding hydrogens is 270 g/mol. The van der Waals surface area contributed by atoms with Crippen LogP contribution in [0.15, 0.2) is 22.5 Å². The molecule has 0 radical (unpaired) electrons. The van der Waals surface area contributed by atoms with Crippen LogP contribution in [-0.4, -0.2) is 38.8 Å². The van der Waals surface area contributed by atoms with Crippen molar-refractivity contribution in [2.45, 2.75) is 38.2 Å². The van der Waals surface area contributed by atoms with Gasteiger partial charge in [-0.25, -0.2) is 0 Å². The van der Waals surface area contributed by atoms with Crippen molar-refractivity contribution in [3.63, 3.8) is 0 Å². The Labute approximate surface area is 125 Å². The summed E-state index contributed by atoms with van der Waals surface area (Å²) < 4.78 is 5.62. The number of hydrogen-bond acceptors (Lipinski definition) is 3. The second kappa shape index (κ2) is 8.27. The molecule has 1 aliphatic heterocycles. The number of aliphatic imine (C=N–C) groups is 1. The van der Waals surface area contributed by atoms with Gasteiger partial charge in [-0.15, -0.1) is 11.3 Å². The highest BCUT2D eigenvalue weighted by Crippen LogP contribution is 2.19. The zero-order valence-electron chi connectivity index (χ0n) is 12.4. The van der Waals surface area contributed by atoms with Gasteiger partial charge in [-0.05, 0) is 30.7 Å². The lowest BCUT2D eigenvalue weighted by Gasteiger charge is -2.16. The van der Waals surface area contributed by atoms with Gasteiger partial charge in [0.15, 0.2) is 5.96 Å². The molecule has 4 nitrogen and oxygen atoms in total. The number of hydrogen-bond donors (Lipinski definition) is 2. The topological polar surface area (TPSA) is 45.7 Å². The molecule has 0 amide bonds. The van der Waals surface area contributed by atoms with Crippen LogP contribution in [0.5, 0.6) is 0 Å². The summed E-state index contributed by atoms with van der Waals surface area (Å²) >= 11 is 1.81. The highest BCUT2D eigenvalue weighted by Gasteiger charge is 2.15. The first-order valence-electron chi connectivity index (χ1n) is 7.39. The Kier molecular flexibility index (Phi) is 6.33. The maximum atomic E-state index is 5.62. The number of nitrogens with zero attached hydrogens (tertiary/aromatic N) is 1. The minimum Gasteiger partial charge on any atom is -0.378 e. The molecule has 0 aromatic carbocycles. The van der Waals surface area contributed by atoms with Crippen molar-refractivity contribution < 1.29 is 4.74 Å². The van der Waals surface area contributed by atoms with Crippen molar-refractivity contribution in [2.75, 3.05) is 26.7 Å². The van der Waals surface area contributed by atoms with Gasteiger partial charge in [-0.3, -0.25) is 4.99 Å². The number of nitrogens with one attached hydrogen (secondary N) is 2. The summed E-state index contributed by atoms with van der Waals surface area (Å²) in [6, 6.07) is 4.29. The van der Waals surface area contributed by atoms with E-state index in [0.29, 0.717) is 12.0 Å². The molecule has 1 aliphatic rings. The van der Waals surface area contributed by atoms with Crippen LogP contribution in [-0.2, 0) is 4.74 Å². The Balaban J connectivity index is 1.64. The highest BCUT2D eigenvalue weighted by atomic mass is 32.1. The molecule has 112 valence electrons. The van der Waals surface area contributed by atoms with E-state index in [-0.39, 0.29) is 0 Å². The lowest BCUT2D eigenvalue weighted by molar-refractivity contribution is 0.105. The Morgan fingerprint density at radius 1 is 1.55 bits per heavy atom. The molecule has 0 aliphatic carbocycles. The van der Waals surface area contributed by atoms with E-state index in [4.69, 9.17) is 4.74 Å². The molecule has 2 heterocycles. The Bertz CT molecular complexity index is 399. The molecule has 2 atom stereocenters. The van der Waals surface area contributed by atoms with Crippen LogP contribution in [0.4, 0.5) is 0 Å². The van der Waals surface area contributed by atoms with Gasteiger partial charge in [0.25, 0.3) is 0 Å². The minimum absolute atomic E-state index is 0.436. The molecular formula is C15H25N3OS. The second-order valence-corrected chi connectivity index (χ2v) is 6.20. The van der Waals surface area contributed by atoms with Gasteiger partial charge in [-0.2, -0.15) is 0 Å². The predicted octanol–water partition coefficient (Wildman–Crippen LogP) is 2.59. The molecule has 2 unspecified atom stereocenters. The van der Waals surface area contributed by atoms with Crippen molar-refractivity contribution >= 4 is 17.3 Å². The third kappa shape index (κ3) is 4.80. The number of guanidine groups is 1. The largest absolute Gasteiger partial charge is 0.378 e. The molecule has 1 fully saturated rings. The second-order valence-electron chi connectivity index (χ2n) is 5.22. The zero-order valence-corrected chi connectivity index (χ0v) is 13.2. The average Bonchev–Trinajstić information content (AvgIpc) is 3.14. The molecule has 5 heteroatoms. The van der Waals surface area contributed by atoms with Crippen LogP contribution in [0.25, 0.3) is 0 Å². The quantitative estimate of drug-likeness (QED) is 0.626. The summed E-state index contributed by atoms with van der Waals surface area (Å²) in [4.78, 5) is 5.67. The molecule has 2 rings (SSSR count). The number of ether oxygens (including phenoxy) is 1. The van der Waals surface area contributed by atoms with Gasteiger partial charge < -0.3 is 15.4 Å². The van der Waals surface area contributed by atoms with Crippen LogP contribution in [0, 0.1) is 0 Å². The Morgan fingerprint density at radius 3 is 3.10 bits per heavy atom. The van der Waals surface area contributed by atoms with E-state index in [1.165, 1.54) is 17.7 Å². The standard InChI is InChI=1S/C15H25N3OS/c1-12(14-6-4-10-20-14)11-18-15(16-2)17-8-7-13-5-3-9-19-13/h4,6,10,12-13H,3,5,7-9,11H2,1-2H3,(H2,16,17,18). The summed E-state index contributed by atoms with van der Waals surface area (Å²) in [6.45, 7) is 4.98. The summed E-state index contributed by atoms with van der Waals surface area (Å²) in [5.41, 5.74) is 0. The van der Waals surface area contributed by atoms with Gasteiger partial charge in [0.2, 0.25) is 0 Å². The van der Waals surface area contributed by atoms with Gasteiger partial charge in [-0.1, -0.05) is 13.0 Å². The van der Waals surface area contributed by atoms with Crippen molar-refractivity contribution in [3.05, 3.63) is 22.4 Å². The fourth-order valence-electron chi connectivity index (χ4n) is 2.37. The fraction of sp³-hybridized carbons (Fsp3) is 0.667. The summed E-state index contributed by atoms with van der Waals surface area (Å²) in [7, 11) is 1.82. The van der Waals surface area contributed by atoms with E-state index >= 15 is 0 Å². The van der Waals surface area contributed by atoms with Crippen molar-refractivity contribution in [2.24, 2.45) is 4.99 Å². The lowest BCUT2D eigenvalue weighted by Crippen LogP contribution is -2.40. The third-order valence-corrected chi connectivity index (χ3v) is 4.71. The fourth-order valence-corrected chi connectivity index (χ4v) is 3.15. The predicted molar refractivity (Wildman–Crippen MR) is 85.7 cm³/mol. The van der Waals surface area contributed by atoms with Gasteiger partial charge >= 0.3 is 0 Å². The van der Waals surface area contributed by atoms with E-state index in [1.807, 2.05) is 18.4 Å². The van der Waals surface area contributed by atoms with Crippen molar-refractivity contribution in [1.29, 1.82) is 0 Å². The van der Waals surface area contributed by atoms with Crippen molar-refractivity contribution in [3.8, 4) is 0 Å². The monoisotopic (exact) mass is 295 g/mol. The van der Waals surface area contributed by atoms with E-state index in [1.54, 1.807) is 0 Å². The molecule has 2 N–H and O–H groups in total.